The summed E-state index contributed by atoms with van der Waals surface area (Å²) >= 11 is 0. The molecule has 6 heteroatoms. The summed E-state index contributed by atoms with van der Waals surface area (Å²) in [5, 5.41) is 10.8. The molecule has 19 heavy (non-hydrogen) atoms. The van der Waals surface area contributed by atoms with Crippen molar-refractivity contribution in [3.63, 3.8) is 0 Å². The Hall–Kier alpha value is -1.82. The molecule has 2 atom stereocenters. The van der Waals surface area contributed by atoms with Crippen LogP contribution in [0.15, 0.2) is 18.2 Å². The zero-order valence-corrected chi connectivity index (χ0v) is 11.2. The molecule has 1 aromatic carbocycles. The Bertz CT molecular complexity index is 490. The molecule has 1 aliphatic rings. The molecule has 0 unspecified atom stereocenters. The smallest absolute Gasteiger partial charge is 0.211 e. The van der Waals surface area contributed by atoms with E-state index in [9.17, 15) is 10.1 Å². The van der Waals surface area contributed by atoms with Crippen molar-refractivity contribution < 1.29 is 19.1 Å². The number of ether oxygens (including phenoxy) is 3. The van der Waals surface area contributed by atoms with Crippen LogP contribution < -0.4 is 9.47 Å². The van der Waals surface area contributed by atoms with Crippen LogP contribution >= 0.6 is 0 Å². The molecule has 0 saturated heterocycles. The van der Waals surface area contributed by atoms with Gasteiger partial charge in [-0.25, -0.2) is 0 Å². The quantitative estimate of drug-likeness (QED) is 0.617. The second-order valence-electron chi connectivity index (χ2n) is 4.76. The number of nitrogens with zero attached hydrogens (tertiary/aromatic N) is 1. The molecule has 0 amide bonds. The first kappa shape index (κ1) is 13.6. The molecule has 1 aliphatic heterocycles. The first-order valence-corrected chi connectivity index (χ1v) is 6.01. The topological polar surface area (TPSA) is 70.8 Å². The number of methoxy groups -OCH3 is 2. The minimum absolute atomic E-state index is 0.137. The predicted octanol–water partition coefficient (Wildman–Crippen LogP) is 2.20. The third kappa shape index (κ3) is 2.78. The summed E-state index contributed by atoms with van der Waals surface area (Å²) in [5.41, 5.74) is 0.826. The number of hydrogen-bond acceptors (Lipinski definition) is 5. The van der Waals surface area contributed by atoms with Gasteiger partial charge in [0.15, 0.2) is 0 Å². The highest BCUT2D eigenvalue weighted by atomic mass is 16.7. The molecule has 1 aromatic rings. The monoisotopic (exact) mass is 267 g/mol. The molecule has 0 spiro atoms. The van der Waals surface area contributed by atoms with Gasteiger partial charge in [0.25, 0.3) is 0 Å². The first-order chi connectivity index (χ1) is 8.97. The van der Waals surface area contributed by atoms with Crippen molar-refractivity contribution in [2.24, 2.45) is 0 Å². The number of benzene rings is 1. The van der Waals surface area contributed by atoms with Gasteiger partial charge >= 0.3 is 0 Å². The third-order valence-corrected chi connectivity index (χ3v) is 3.40. The summed E-state index contributed by atoms with van der Waals surface area (Å²) in [6.07, 6.45) is 0.448. The molecular formula is C13H17NO5. The van der Waals surface area contributed by atoms with Gasteiger partial charge in [-0.2, -0.15) is 0 Å². The Morgan fingerprint density at radius 1 is 1.53 bits per heavy atom. The summed E-state index contributed by atoms with van der Waals surface area (Å²) in [6.45, 7) is 1.64. The summed E-state index contributed by atoms with van der Waals surface area (Å²) in [6, 6.07) is 5.33. The Balaban J connectivity index is 2.40. The maximum Gasteiger partial charge on any atom is 0.211 e. The van der Waals surface area contributed by atoms with Gasteiger partial charge in [0.2, 0.25) is 12.3 Å². The standard InChI is InChI=1S/C13H17NO5/c1-13(18-3)7-9(8-14(15)16)11-5-4-10(17-2)6-12(11)19-13/h4-6,9H,7-8H2,1-3H3/t9-,13-/m1/s1. The second-order valence-corrected chi connectivity index (χ2v) is 4.76. The fourth-order valence-corrected chi connectivity index (χ4v) is 2.37. The average Bonchev–Trinajstić information content (AvgIpc) is 2.37. The first-order valence-electron chi connectivity index (χ1n) is 6.01. The molecule has 0 saturated carbocycles. The lowest BCUT2D eigenvalue weighted by atomic mass is 9.88. The maximum absolute atomic E-state index is 10.8. The van der Waals surface area contributed by atoms with E-state index in [1.165, 1.54) is 7.11 Å². The van der Waals surface area contributed by atoms with Gasteiger partial charge in [0, 0.05) is 37.0 Å². The zero-order chi connectivity index (χ0) is 14.0. The van der Waals surface area contributed by atoms with E-state index >= 15 is 0 Å². The van der Waals surface area contributed by atoms with Crippen LogP contribution in [0, 0.1) is 10.1 Å². The Kier molecular flexibility index (Phi) is 3.61. The van der Waals surface area contributed by atoms with Gasteiger partial charge in [-0.1, -0.05) is 6.07 Å². The van der Waals surface area contributed by atoms with Gasteiger partial charge < -0.3 is 14.2 Å². The van der Waals surface area contributed by atoms with Crippen LogP contribution in [0.3, 0.4) is 0 Å². The maximum atomic E-state index is 10.8. The molecule has 0 radical (unpaired) electrons. The van der Waals surface area contributed by atoms with Crippen LogP contribution in [0.5, 0.6) is 11.5 Å². The average molecular weight is 267 g/mol. The third-order valence-electron chi connectivity index (χ3n) is 3.40. The lowest BCUT2D eigenvalue weighted by molar-refractivity contribution is -0.485. The Morgan fingerprint density at radius 2 is 2.26 bits per heavy atom. The number of nitro groups is 1. The van der Waals surface area contributed by atoms with E-state index in [0.29, 0.717) is 17.9 Å². The summed E-state index contributed by atoms with van der Waals surface area (Å²) in [4.78, 5) is 10.5. The van der Waals surface area contributed by atoms with Gasteiger partial charge in [-0.15, -0.1) is 0 Å². The highest BCUT2D eigenvalue weighted by Gasteiger charge is 2.39. The van der Waals surface area contributed by atoms with E-state index in [1.807, 2.05) is 6.07 Å². The van der Waals surface area contributed by atoms with E-state index in [0.717, 1.165) is 5.56 Å². The van der Waals surface area contributed by atoms with E-state index < -0.39 is 5.79 Å². The van der Waals surface area contributed by atoms with Gasteiger partial charge in [-0.05, 0) is 6.07 Å². The molecule has 1 heterocycles. The summed E-state index contributed by atoms with van der Waals surface area (Å²) in [5.74, 6) is 0.162. The molecule has 0 aliphatic carbocycles. The Morgan fingerprint density at radius 3 is 2.84 bits per heavy atom. The van der Waals surface area contributed by atoms with Crippen molar-refractivity contribution in [3.05, 3.63) is 33.9 Å². The van der Waals surface area contributed by atoms with Gasteiger partial charge in [0.1, 0.15) is 11.5 Å². The molecule has 0 fully saturated rings. The fourth-order valence-electron chi connectivity index (χ4n) is 2.37. The van der Waals surface area contributed by atoms with Crippen molar-refractivity contribution in [2.75, 3.05) is 20.8 Å². The largest absolute Gasteiger partial charge is 0.497 e. The van der Waals surface area contributed by atoms with Crippen molar-refractivity contribution in [1.29, 1.82) is 0 Å². The summed E-state index contributed by atoms with van der Waals surface area (Å²) < 4.78 is 16.3. The van der Waals surface area contributed by atoms with Crippen molar-refractivity contribution in [1.82, 2.24) is 0 Å². The molecule has 2 rings (SSSR count). The molecule has 0 aromatic heterocycles. The van der Waals surface area contributed by atoms with Crippen molar-refractivity contribution in [3.8, 4) is 11.5 Å². The number of fused-ring (bicyclic) bond motifs is 1. The van der Waals surface area contributed by atoms with Crippen LogP contribution in [0.1, 0.15) is 24.8 Å². The fraction of sp³-hybridized carbons (Fsp3) is 0.538. The zero-order valence-electron chi connectivity index (χ0n) is 11.2. The predicted molar refractivity (Wildman–Crippen MR) is 68.3 cm³/mol. The number of hydrogen-bond donors (Lipinski definition) is 0. The molecule has 104 valence electrons. The minimum Gasteiger partial charge on any atom is -0.497 e. The highest BCUT2D eigenvalue weighted by molar-refractivity contribution is 5.44. The van der Waals surface area contributed by atoms with Crippen LogP contribution in [0.4, 0.5) is 0 Å². The van der Waals surface area contributed by atoms with Gasteiger partial charge in [0.05, 0.1) is 13.0 Å². The Labute approximate surface area is 111 Å². The minimum atomic E-state index is -0.847. The lowest BCUT2D eigenvalue weighted by Crippen LogP contribution is -2.41. The highest BCUT2D eigenvalue weighted by Crippen LogP contribution is 2.42. The van der Waals surface area contributed by atoms with Crippen molar-refractivity contribution >= 4 is 0 Å². The lowest BCUT2D eigenvalue weighted by Gasteiger charge is -2.37. The van der Waals surface area contributed by atoms with Crippen LogP contribution in [0.2, 0.25) is 0 Å². The SMILES string of the molecule is COc1ccc2c(c1)O[C@@](C)(OC)C[C@@H]2C[N+](=O)[O-]. The second kappa shape index (κ2) is 5.05. The molecule has 0 N–H and O–H groups in total. The molecule has 6 nitrogen and oxygen atoms in total. The van der Waals surface area contributed by atoms with E-state index in [-0.39, 0.29) is 17.4 Å². The normalized spacial score (nSPS) is 25.3. The van der Waals surface area contributed by atoms with E-state index in [2.05, 4.69) is 0 Å². The number of rotatable bonds is 4. The van der Waals surface area contributed by atoms with Crippen molar-refractivity contribution in [2.45, 2.75) is 25.0 Å². The van der Waals surface area contributed by atoms with Crippen LogP contribution in [0.25, 0.3) is 0 Å². The van der Waals surface area contributed by atoms with E-state index in [4.69, 9.17) is 14.2 Å². The summed E-state index contributed by atoms with van der Waals surface area (Å²) in [7, 11) is 3.10. The van der Waals surface area contributed by atoms with E-state index in [1.54, 1.807) is 26.2 Å². The van der Waals surface area contributed by atoms with Gasteiger partial charge in [-0.3, -0.25) is 10.1 Å². The molecule has 0 bridgehead atoms. The molecular weight excluding hydrogens is 250 g/mol. The van der Waals surface area contributed by atoms with Crippen LogP contribution in [-0.2, 0) is 4.74 Å². The van der Waals surface area contributed by atoms with Crippen LogP contribution in [-0.4, -0.2) is 31.5 Å².